The molecule has 2 rings (SSSR count). The number of ether oxygens (including phenoxy) is 1. The smallest absolute Gasteiger partial charge is 0.254 e. The van der Waals surface area contributed by atoms with E-state index in [2.05, 4.69) is 13.2 Å². The zero-order valence-electron chi connectivity index (χ0n) is 11.3. The first-order chi connectivity index (χ1) is 9.61. The standard InChI is InChI=1S/C16H18ClNO2/c1-3-12(2)20-11-15-5-4-10-18(15)16(19)13-6-8-14(17)9-7-13/h3,6-9,15H,1-2,4-5,10-11H2. The molecule has 0 radical (unpaired) electrons. The summed E-state index contributed by atoms with van der Waals surface area (Å²) in [5.41, 5.74) is 0.656. The summed E-state index contributed by atoms with van der Waals surface area (Å²) < 4.78 is 5.48. The molecule has 1 fully saturated rings. The van der Waals surface area contributed by atoms with Crippen LogP contribution in [-0.2, 0) is 4.74 Å². The van der Waals surface area contributed by atoms with Crippen molar-refractivity contribution in [2.75, 3.05) is 13.2 Å². The molecule has 1 heterocycles. The maximum atomic E-state index is 12.5. The van der Waals surface area contributed by atoms with Gasteiger partial charge in [-0.2, -0.15) is 0 Å². The molecule has 1 aliphatic rings. The first-order valence-corrected chi connectivity index (χ1v) is 7.00. The van der Waals surface area contributed by atoms with E-state index >= 15 is 0 Å². The molecular formula is C16H18ClNO2. The summed E-state index contributed by atoms with van der Waals surface area (Å²) in [5, 5.41) is 0.630. The van der Waals surface area contributed by atoms with Crippen molar-refractivity contribution in [3.8, 4) is 0 Å². The number of allylic oxidation sites excluding steroid dienone is 1. The van der Waals surface area contributed by atoms with Gasteiger partial charge in [0.1, 0.15) is 12.4 Å². The highest BCUT2D eigenvalue weighted by Crippen LogP contribution is 2.21. The zero-order valence-corrected chi connectivity index (χ0v) is 12.1. The average Bonchev–Trinajstić information content (AvgIpc) is 2.93. The Morgan fingerprint density at radius 3 is 2.80 bits per heavy atom. The van der Waals surface area contributed by atoms with E-state index in [0.717, 1.165) is 19.4 Å². The average molecular weight is 292 g/mol. The van der Waals surface area contributed by atoms with Gasteiger partial charge in [0.25, 0.3) is 5.91 Å². The van der Waals surface area contributed by atoms with Crippen molar-refractivity contribution < 1.29 is 9.53 Å². The van der Waals surface area contributed by atoms with E-state index in [9.17, 15) is 4.79 Å². The normalized spacial score (nSPS) is 17.9. The first-order valence-electron chi connectivity index (χ1n) is 6.62. The highest BCUT2D eigenvalue weighted by atomic mass is 35.5. The minimum Gasteiger partial charge on any atom is -0.492 e. The summed E-state index contributed by atoms with van der Waals surface area (Å²) in [4.78, 5) is 14.3. The van der Waals surface area contributed by atoms with Crippen molar-refractivity contribution in [2.45, 2.75) is 18.9 Å². The van der Waals surface area contributed by atoms with Gasteiger partial charge in [0.15, 0.2) is 0 Å². The molecule has 1 unspecified atom stereocenters. The SMILES string of the molecule is C=CC(=C)OCC1CCCN1C(=O)c1ccc(Cl)cc1. The summed E-state index contributed by atoms with van der Waals surface area (Å²) in [6, 6.07) is 7.06. The highest BCUT2D eigenvalue weighted by molar-refractivity contribution is 6.30. The number of nitrogens with zero attached hydrogens (tertiary/aromatic N) is 1. The van der Waals surface area contributed by atoms with Crippen LogP contribution in [0.1, 0.15) is 23.2 Å². The molecular weight excluding hydrogens is 274 g/mol. The van der Waals surface area contributed by atoms with E-state index in [4.69, 9.17) is 16.3 Å². The number of carbonyl (C=O) groups is 1. The number of hydrogen-bond acceptors (Lipinski definition) is 2. The lowest BCUT2D eigenvalue weighted by molar-refractivity contribution is 0.0652. The largest absolute Gasteiger partial charge is 0.492 e. The van der Waals surface area contributed by atoms with Gasteiger partial charge >= 0.3 is 0 Å². The fourth-order valence-electron chi connectivity index (χ4n) is 2.30. The van der Waals surface area contributed by atoms with Gasteiger partial charge < -0.3 is 9.64 Å². The van der Waals surface area contributed by atoms with Crippen molar-refractivity contribution in [3.63, 3.8) is 0 Å². The molecule has 3 nitrogen and oxygen atoms in total. The molecule has 0 saturated carbocycles. The monoisotopic (exact) mass is 291 g/mol. The van der Waals surface area contributed by atoms with Gasteiger partial charge in [0, 0.05) is 17.1 Å². The van der Waals surface area contributed by atoms with Crippen LogP contribution in [0.3, 0.4) is 0 Å². The van der Waals surface area contributed by atoms with E-state index < -0.39 is 0 Å². The number of rotatable bonds is 5. The first kappa shape index (κ1) is 14.7. The Morgan fingerprint density at radius 1 is 1.45 bits per heavy atom. The fourth-order valence-corrected chi connectivity index (χ4v) is 2.42. The highest BCUT2D eigenvalue weighted by Gasteiger charge is 2.29. The molecule has 0 spiro atoms. The maximum Gasteiger partial charge on any atom is 0.254 e. The summed E-state index contributed by atoms with van der Waals surface area (Å²) in [6.45, 7) is 8.53. The number of hydrogen-bond donors (Lipinski definition) is 0. The van der Waals surface area contributed by atoms with Crippen molar-refractivity contribution in [1.82, 2.24) is 4.90 Å². The predicted octanol–water partition coefficient (Wildman–Crippen LogP) is 3.66. The van der Waals surface area contributed by atoms with Crippen LogP contribution in [0.15, 0.2) is 49.3 Å². The van der Waals surface area contributed by atoms with Gasteiger partial charge in [0.2, 0.25) is 0 Å². The predicted molar refractivity (Wildman–Crippen MR) is 80.8 cm³/mol. The second-order valence-electron chi connectivity index (χ2n) is 4.78. The minimum absolute atomic E-state index is 0.0250. The van der Waals surface area contributed by atoms with Crippen LogP contribution in [0.2, 0.25) is 5.02 Å². The molecule has 20 heavy (non-hydrogen) atoms. The Hall–Kier alpha value is -1.74. The third-order valence-electron chi connectivity index (χ3n) is 3.42. The van der Waals surface area contributed by atoms with Gasteiger partial charge in [-0.1, -0.05) is 24.8 Å². The molecule has 106 valence electrons. The maximum absolute atomic E-state index is 12.5. The van der Waals surface area contributed by atoms with Crippen LogP contribution in [-0.4, -0.2) is 30.0 Å². The fraction of sp³-hybridized carbons (Fsp3) is 0.312. The van der Waals surface area contributed by atoms with Crippen LogP contribution < -0.4 is 0 Å². The summed E-state index contributed by atoms with van der Waals surface area (Å²) >= 11 is 5.84. The third kappa shape index (κ3) is 3.42. The Kier molecular flexibility index (Phi) is 4.85. The van der Waals surface area contributed by atoms with Crippen molar-refractivity contribution >= 4 is 17.5 Å². The van der Waals surface area contributed by atoms with Crippen LogP contribution >= 0.6 is 11.6 Å². The van der Waals surface area contributed by atoms with Gasteiger partial charge in [0.05, 0.1) is 6.04 Å². The molecule has 1 atom stereocenters. The second kappa shape index (κ2) is 6.62. The lowest BCUT2D eigenvalue weighted by atomic mass is 10.1. The summed E-state index contributed by atoms with van der Waals surface area (Å²) in [6.07, 6.45) is 3.51. The number of halogens is 1. The Bertz CT molecular complexity index is 510. The van der Waals surface area contributed by atoms with Gasteiger partial charge in [-0.05, 0) is 43.2 Å². The van der Waals surface area contributed by atoms with Crippen LogP contribution in [0.5, 0.6) is 0 Å². The van der Waals surface area contributed by atoms with E-state index in [-0.39, 0.29) is 11.9 Å². The molecule has 0 aromatic heterocycles. The number of amides is 1. The van der Waals surface area contributed by atoms with Crippen LogP contribution in [0, 0.1) is 0 Å². The van der Waals surface area contributed by atoms with Crippen LogP contribution in [0.4, 0.5) is 0 Å². The Morgan fingerprint density at radius 2 is 2.15 bits per heavy atom. The van der Waals surface area contributed by atoms with E-state index in [1.807, 2.05) is 4.90 Å². The van der Waals surface area contributed by atoms with Gasteiger partial charge in [-0.25, -0.2) is 0 Å². The summed E-state index contributed by atoms with van der Waals surface area (Å²) in [7, 11) is 0. The molecule has 1 saturated heterocycles. The topological polar surface area (TPSA) is 29.5 Å². The number of benzene rings is 1. The van der Waals surface area contributed by atoms with Crippen molar-refractivity contribution in [2.24, 2.45) is 0 Å². The van der Waals surface area contributed by atoms with E-state index in [1.165, 1.54) is 0 Å². The lowest BCUT2D eigenvalue weighted by Gasteiger charge is -2.25. The molecule has 1 aromatic rings. The minimum atomic E-state index is 0.0250. The van der Waals surface area contributed by atoms with Gasteiger partial charge in [-0.3, -0.25) is 4.79 Å². The number of carbonyl (C=O) groups excluding carboxylic acids is 1. The van der Waals surface area contributed by atoms with E-state index in [1.54, 1.807) is 30.3 Å². The molecule has 1 aliphatic heterocycles. The molecule has 0 aliphatic carbocycles. The molecule has 0 N–H and O–H groups in total. The molecule has 4 heteroatoms. The molecule has 0 bridgehead atoms. The number of likely N-dealkylation sites (tertiary alicyclic amines) is 1. The molecule has 1 aromatic carbocycles. The lowest BCUT2D eigenvalue weighted by Crippen LogP contribution is -2.38. The Balaban J connectivity index is 2.02. The van der Waals surface area contributed by atoms with Crippen molar-refractivity contribution in [3.05, 3.63) is 59.8 Å². The van der Waals surface area contributed by atoms with Crippen LogP contribution in [0.25, 0.3) is 0 Å². The van der Waals surface area contributed by atoms with Crippen molar-refractivity contribution in [1.29, 1.82) is 0 Å². The third-order valence-corrected chi connectivity index (χ3v) is 3.67. The van der Waals surface area contributed by atoms with E-state index in [0.29, 0.717) is 23.0 Å². The second-order valence-corrected chi connectivity index (χ2v) is 5.22. The van der Waals surface area contributed by atoms with Gasteiger partial charge in [-0.15, -0.1) is 0 Å². The quantitative estimate of drug-likeness (QED) is 0.612. The summed E-state index contributed by atoms with van der Waals surface area (Å²) in [5.74, 6) is 0.563. The Labute approximate surface area is 124 Å². The zero-order chi connectivity index (χ0) is 14.5. The molecule has 1 amide bonds.